The van der Waals surface area contributed by atoms with Gasteiger partial charge in [-0.15, -0.1) is 0 Å². The highest BCUT2D eigenvalue weighted by Crippen LogP contribution is 2.27. The van der Waals surface area contributed by atoms with Gasteiger partial charge in [0.2, 0.25) is 0 Å². The van der Waals surface area contributed by atoms with Crippen LogP contribution >= 0.6 is 0 Å². The van der Waals surface area contributed by atoms with Crippen LogP contribution in [0.4, 0.5) is 0 Å². The van der Waals surface area contributed by atoms with Gasteiger partial charge in [-0.05, 0) is 46.8 Å². The van der Waals surface area contributed by atoms with Crippen molar-refractivity contribution < 1.29 is 37.0 Å². The van der Waals surface area contributed by atoms with E-state index in [0.717, 1.165) is 5.56 Å². The number of ether oxygens (including phenoxy) is 3. The Hall–Kier alpha value is -1.07. The molecule has 2 N–H and O–H groups in total. The van der Waals surface area contributed by atoms with Crippen LogP contribution in [-0.2, 0) is 28.5 Å². The van der Waals surface area contributed by atoms with Crippen molar-refractivity contribution in [3.8, 4) is 0 Å². The molecule has 1 fully saturated rings. The highest BCUT2D eigenvalue weighted by molar-refractivity contribution is 7.86. The van der Waals surface area contributed by atoms with Crippen LogP contribution in [0, 0.1) is 6.92 Å². The second-order valence-electron chi connectivity index (χ2n) is 7.41. The maximum Gasteiger partial charge on any atom is 0.297 e. The van der Waals surface area contributed by atoms with Gasteiger partial charge in [-0.2, -0.15) is 8.42 Å². The minimum atomic E-state index is -4.02. The highest BCUT2D eigenvalue weighted by atomic mass is 32.2. The normalized spacial score (nSPS) is 28.8. The fourth-order valence-electron chi connectivity index (χ4n) is 2.83. The number of rotatable bonds is 8. The molecule has 1 aliphatic heterocycles. The SMILES string of the molecule is Cc1ccc(S(=O)(=O)OCC2OC(OC(C)C)C(O)C(O)C2OC(C)C)cc1. The summed E-state index contributed by atoms with van der Waals surface area (Å²) in [6.45, 7) is 8.49. The Morgan fingerprint density at radius 1 is 1.00 bits per heavy atom. The average molecular weight is 419 g/mol. The van der Waals surface area contributed by atoms with Gasteiger partial charge in [0, 0.05) is 0 Å². The van der Waals surface area contributed by atoms with E-state index in [0.29, 0.717) is 0 Å². The third kappa shape index (κ3) is 5.96. The summed E-state index contributed by atoms with van der Waals surface area (Å²) >= 11 is 0. The van der Waals surface area contributed by atoms with Crippen LogP contribution in [0.1, 0.15) is 33.3 Å². The van der Waals surface area contributed by atoms with Gasteiger partial charge in [0.15, 0.2) is 6.29 Å². The van der Waals surface area contributed by atoms with E-state index in [4.69, 9.17) is 18.4 Å². The van der Waals surface area contributed by atoms with Crippen molar-refractivity contribution >= 4 is 10.1 Å². The van der Waals surface area contributed by atoms with Crippen LogP contribution in [0.3, 0.4) is 0 Å². The Labute approximate surface area is 166 Å². The number of benzene rings is 1. The molecule has 1 aromatic carbocycles. The molecule has 0 aliphatic carbocycles. The summed E-state index contributed by atoms with van der Waals surface area (Å²) < 4.78 is 46.9. The van der Waals surface area contributed by atoms with E-state index in [1.807, 2.05) is 6.92 Å². The van der Waals surface area contributed by atoms with Gasteiger partial charge in [0.25, 0.3) is 10.1 Å². The topological polar surface area (TPSA) is 112 Å². The highest BCUT2D eigenvalue weighted by Gasteiger charge is 2.47. The number of aryl methyl sites for hydroxylation is 1. The summed E-state index contributed by atoms with van der Waals surface area (Å²) in [5, 5.41) is 20.8. The Balaban J connectivity index is 2.16. The molecule has 160 valence electrons. The van der Waals surface area contributed by atoms with Crippen molar-refractivity contribution in [2.24, 2.45) is 0 Å². The first kappa shape index (κ1) is 23.2. The molecule has 0 bridgehead atoms. The van der Waals surface area contributed by atoms with Gasteiger partial charge in [-0.1, -0.05) is 17.7 Å². The molecule has 5 unspecified atom stereocenters. The molecular formula is C19H30O8S. The van der Waals surface area contributed by atoms with E-state index < -0.39 is 47.4 Å². The molecule has 1 heterocycles. The lowest BCUT2D eigenvalue weighted by Gasteiger charge is -2.43. The van der Waals surface area contributed by atoms with Crippen molar-refractivity contribution in [2.45, 2.75) is 82.4 Å². The summed E-state index contributed by atoms with van der Waals surface area (Å²) in [5.41, 5.74) is 0.922. The average Bonchev–Trinajstić information content (AvgIpc) is 2.60. The molecule has 0 radical (unpaired) electrons. The van der Waals surface area contributed by atoms with E-state index in [-0.39, 0.29) is 17.1 Å². The summed E-state index contributed by atoms with van der Waals surface area (Å²) in [6, 6.07) is 6.25. The van der Waals surface area contributed by atoms with Crippen molar-refractivity contribution in [1.82, 2.24) is 0 Å². The molecular weight excluding hydrogens is 388 g/mol. The summed E-state index contributed by atoms with van der Waals surface area (Å²) in [7, 11) is -4.02. The fourth-order valence-corrected chi connectivity index (χ4v) is 3.75. The lowest BCUT2D eigenvalue weighted by molar-refractivity contribution is -0.316. The van der Waals surface area contributed by atoms with Crippen molar-refractivity contribution in [3.05, 3.63) is 29.8 Å². The van der Waals surface area contributed by atoms with Gasteiger partial charge >= 0.3 is 0 Å². The predicted molar refractivity (Wildman–Crippen MR) is 101 cm³/mol. The van der Waals surface area contributed by atoms with E-state index in [2.05, 4.69) is 0 Å². The van der Waals surface area contributed by atoms with Crippen LogP contribution in [-0.4, -0.2) is 68.2 Å². The number of hydrogen-bond acceptors (Lipinski definition) is 8. The first-order chi connectivity index (χ1) is 13.0. The van der Waals surface area contributed by atoms with Crippen LogP contribution in [0.25, 0.3) is 0 Å². The largest absolute Gasteiger partial charge is 0.387 e. The third-order valence-electron chi connectivity index (χ3n) is 4.17. The molecule has 0 amide bonds. The van der Waals surface area contributed by atoms with Crippen molar-refractivity contribution in [1.29, 1.82) is 0 Å². The Morgan fingerprint density at radius 3 is 2.11 bits per heavy atom. The standard InChI is InChI=1S/C19H30O8S/c1-11(2)25-18-15(27-19(26-12(3)4)17(21)16(18)20)10-24-28(22,23)14-8-6-13(5)7-9-14/h6-9,11-12,15-21H,10H2,1-5H3. The number of aliphatic hydroxyl groups is 2. The molecule has 1 aliphatic rings. The number of aliphatic hydroxyl groups excluding tert-OH is 2. The zero-order valence-corrected chi connectivity index (χ0v) is 17.6. The molecule has 1 saturated heterocycles. The second kappa shape index (κ2) is 9.62. The zero-order valence-electron chi connectivity index (χ0n) is 16.8. The van der Waals surface area contributed by atoms with Crippen LogP contribution in [0.15, 0.2) is 29.2 Å². The summed E-state index contributed by atoms with van der Waals surface area (Å²) in [5.74, 6) is 0. The summed E-state index contributed by atoms with van der Waals surface area (Å²) in [6.07, 6.45) is -6.27. The molecule has 8 nitrogen and oxygen atoms in total. The van der Waals surface area contributed by atoms with E-state index in [1.54, 1.807) is 39.8 Å². The van der Waals surface area contributed by atoms with E-state index in [9.17, 15) is 18.6 Å². The van der Waals surface area contributed by atoms with E-state index >= 15 is 0 Å². The van der Waals surface area contributed by atoms with Crippen molar-refractivity contribution in [2.75, 3.05) is 6.61 Å². The lowest BCUT2D eigenvalue weighted by Crippen LogP contribution is -2.61. The van der Waals surface area contributed by atoms with Crippen LogP contribution in [0.2, 0.25) is 0 Å². The molecule has 0 spiro atoms. The van der Waals surface area contributed by atoms with Gasteiger partial charge < -0.3 is 24.4 Å². The molecule has 2 rings (SSSR count). The minimum absolute atomic E-state index is 0.0193. The first-order valence-electron chi connectivity index (χ1n) is 9.30. The monoisotopic (exact) mass is 418 g/mol. The van der Waals surface area contributed by atoms with Gasteiger partial charge in [-0.3, -0.25) is 4.18 Å². The third-order valence-corrected chi connectivity index (χ3v) is 5.47. The zero-order chi connectivity index (χ0) is 21.1. The molecule has 0 saturated carbocycles. The van der Waals surface area contributed by atoms with Crippen LogP contribution < -0.4 is 0 Å². The maximum absolute atomic E-state index is 12.5. The molecule has 9 heteroatoms. The van der Waals surface area contributed by atoms with Crippen molar-refractivity contribution in [3.63, 3.8) is 0 Å². The second-order valence-corrected chi connectivity index (χ2v) is 9.03. The Morgan fingerprint density at radius 2 is 1.57 bits per heavy atom. The maximum atomic E-state index is 12.5. The fraction of sp³-hybridized carbons (Fsp3) is 0.684. The molecule has 28 heavy (non-hydrogen) atoms. The number of hydrogen-bond donors (Lipinski definition) is 2. The quantitative estimate of drug-likeness (QED) is 0.609. The molecule has 5 atom stereocenters. The first-order valence-corrected chi connectivity index (χ1v) is 10.7. The smallest absolute Gasteiger partial charge is 0.297 e. The minimum Gasteiger partial charge on any atom is -0.387 e. The molecule has 0 aromatic heterocycles. The van der Waals surface area contributed by atoms with Crippen LogP contribution in [0.5, 0.6) is 0 Å². The van der Waals surface area contributed by atoms with E-state index in [1.165, 1.54) is 12.1 Å². The Kier molecular flexibility index (Phi) is 7.97. The lowest BCUT2D eigenvalue weighted by atomic mass is 9.98. The predicted octanol–water partition coefficient (Wildman–Crippen LogP) is 1.37. The molecule has 1 aromatic rings. The van der Waals surface area contributed by atoms with Gasteiger partial charge in [0.05, 0.1) is 23.7 Å². The Bertz CT molecular complexity index is 716. The van der Waals surface area contributed by atoms with Gasteiger partial charge in [0.1, 0.15) is 24.4 Å². The summed E-state index contributed by atoms with van der Waals surface area (Å²) in [4.78, 5) is 0.0193. The van der Waals surface area contributed by atoms with Gasteiger partial charge in [-0.25, -0.2) is 0 Å².